The van der Waals surface area contributed by atoms with Crippen LogP contribution >= 0.6 is 35.3 Å². The molecule has 15 heterocycles. The van der Waals surface area contributed by atoms with Crippen LogP contribution in [0.4, 0.5) is 11.8 Å². The first-order chi connectivity index (χ1) is 41.3. The number of fused-ring (bicyclic) bond motifs is 8. The summed E-state index contributed by atoms with van der Waals surface area (Å²) in [5, 5.41) is 78.7. The lowest BCUT2D eigenvalue weighted by Gasteiger charge is -2.14. The highest BCUT2D eigenvalue weighted by atomic mass is 32.2. The molecule has 15 rings (SSSR count). The van der Waals surface area contributed by atoms with E-state index in [0.29, 0.717) is 81.8 Å². The maximum Gasteiger partial charge on any atom is 0.237 e. The van der Waals surface area contributed by atoms with E-state index in [9.17, 15) is 30.6 Å². The standard InChI is InChI=1S/2C13H15N5O3S.C12H14N6O3.C11H15N5O3S/c1-22-11-10-12(17-3-2-14-13(17)16-11)18(6-15-10)9-4-7(20)8(5-19)21-9;1-22-12-10-11(16-13-14-2-3-17(12)13)18(6-15-10)9-4-7(20)8(5-19)21-9;13-10-9-11(16-12-14-1-2-17(10)12)18(5-15-9)8-3-6(20)7(4-19)21-8;1-20-10-8-9(14-11(12)15-10)16(4-13-8)7-2-5(18)6(3-17)19-7/h2*2-3,6-9,19-20H,4-5H2,1H3;1-2,5-8,19-20H,3-4,13H2;4-7,17-18H,2-3H2,1H3,(H2,12,14,15). The molecular formula is C49H59N21O12S3. The number of nitrogens with two attached hydrogens (primary N) is 2. The number of thioether (sulfide) groups is 3. The molecule has 11 aromatic rings. The number of rotatable bonds is 11. The van der Waals surface area contributed by atoms with Gasteiger partial charge in [0.25, 0.3) is 0 Å². The first-order valence-electron chi connectivity index (χ1n) is 26.5. The minimum Gasteiger partial charge on any atom is -0.394 e. The van der Waals surface area contributed by atoms with Crippen molar-refractivity contribution in [3.63, 3.8) is 0 Å². The van der Waals surface area contributed by atoms with Crippen LogP contribution in [0.15, 0.2) is 77.6 Å². The number of anilines is 2. The molecule has 0 aliphatic carbocycles. The number of nitrogen functional groups attached to an aromatic ring is 2. The minimum atomic E-state index is -0.718. The van der Waals surface area contributed by atoms with E-state index in [1.165, 1.54) is 23.5 Å². The Morgan fingerprint density at radius 3 is 1.32 bits per heavy atom. The van der Waals surface area contributed by atoms with E-state index < -0.39 is 67.5 Å². The first kappa shape index (κ1) is 58.4. The Morgan fingerprint density at radius 2 is 0.835 bits per heavy atom. The zero-order valence-corrected chi connectivity index (χ0v) is 47.9. The number of aromatic nitrogens is 19. The zero-order valence-electron chi connectivity index (χ0n) is 45.4. The SMILES string of the molecule is CSc1c2ncn(C3CC(O)C(CO)O3)c2nc2nccn12.CSc1nc(N)nc2c1ncn2C1CC(O)C(CO)O1.CSc1nc2nccn2c2c1ncn2C1CC(O)C(CO)O1.Nc1c2ncn(C3CC(O)C(CO)O3)c2nc2nccn12. The molecule has 4 saturated heterocycles. The average molecular weight is 1230 g/mol. The summed E-state index contributed by atoms with van der Waals surface area (Å²) in [7, 11) is 0. The van der Waals surface area contributed by atoms with Gasteiger partial charge in [-0.25, -0.2) is 44.9 Å². The molecule has 11 aromatic heterocycles. The monoisotopic (exact) mass is 1230 g/mol. The molecule has 12 unspecified atom stereocenters. The van der Waals surface area contributed by atoms with Gasteiger partial charge in [0.15, 0.2) is 22.6 Å². The number of ether oxygens (including phenoxy) is 4. The highest BCUT2D eigenvalue weighted by Gasteiger charge is 2.39. The second-order valence-electron chi connectivity index (χ2n) is 19.9. The number of aliphatic hydroxyl groups excluding tert-OH is 8. The van der Waals surface area contributed by atoms with Crippen LogP contribution in [-0.2, 0) is 18.9 Å². The number of hydrogen-bond acceptors (Lipinski definition) is 29. The lowest BCUT2D eigenvalue weighted by molar-refractivity contribution is -0.0432. The third-order valence-electron chi connectivity index (χ3n) is 14.9. The Balaban J connectivity index is 0.000000111. The summed E-state index contributed by atoms with van der Waals surface area (Å²) in [6.45, 7) is -0.872. The fourth-order valence-electron chi connectivity index (χ4n) is 10.6. The molecule has 12 atom stereocenters. The van der Waals surface area contributed by atoms with Crippen LogP contribution in [-0.4, -0.2) is 226 Å². The Morgan fingerprint density at radius 1 is 0.447 bits per heavy atom. The van der Waals surface area contributed by atoms with Gasteiger partial charge in [-0.05, 0) is 18.8 Å². The summed E-state index contributed by atoms with van der Waals surface area (Å²) in [4.78, 5) is 51.8. The van der Waals surface area contributed by atoms with E-state index >= 15 is 0 Å². The molecule has 0 aromatic carbocycles. The van der Waals surface area contributed by atoms with Crippen molar-refractivity contribution in [3.05, 3.63) is 62.5 Å². The summed E-state index contributed by atoms with van der Waals surface area (Å²) in [6, 6.07) is 0. The molecule has 4 aliphatic heterocycles. The highest BCUT2D eigenvalue weighted by Crippen LogP contribution is 2.37. The van der Waals surface area contributed by atoms with E-state index in [4.69, 9.17) is 40.6 Å². The normalized spacial score (nSPS) is 25.9. The molecule has 0 bridgehead atoms. The summed E-state index contributed by atoms with van der Waals surface area (Å²) in [5.41, 5.74) is 17.1. The molecule has 450 valence electrons. The van der Waals surface area contributed by atoms with Crippen LogP contribution in [0.1, 0.15) is 50.6 Å². The number of imidazole rings is 7. The lowest BCUT2D eigenvalue weighted by atomic mass is 10.2. The molecule has 0 amide bonds. The quantitative estimate of drug-likeness (QED) is 0.0600. The van der Waals surface area contributed by atoms with Crippen molar-refractivity contribution in [3.8, 4) is 0 Å². The van der Waals surface area contributed by atoms with E-state index in [1.54, 1.807) is 80.0 Å². The number of aliphatic hydroxyl groups is 8. The second-order valence-corrected chi connectivity index (χ2v) is 22.3. The zero-order chi connectivity index (χ0) is 59.4. The van der Waals surface area contributed by atoms with Gasteiger partial charge < -0.3 is 71.3 Å². The van der Waals surface area contributed by atoms with Gasteiger partial charge in [0.1, 0.15) is 92.3 Å². The van der Waals surface area contributed by atoms with Crippen LogP contribution in [0.3, 0.4) is 0 Å². The van der Waals surface area contributed by atoms with Gasteiger partial charge >= 0.3 is 0 Å². The third kappa shape index (κ3) is 10.7. The maximum absolute atomic E-state index is 9.95. The predicted molar refractivity (Wildman–Crippen MR) is 305 cm³/mol. The number of nitrogens with zero attached hydrogens (tertiary/aromatic N) is 19. The Labute approximate surface area is 491 Å². The molecule has 33 nitrogen and oxygen atoms in total. The molecule has 85 heavy (non-hydrogen) atoms. The molecule has 0 spiro atoms. The van der Waals surface area contributed by atoms with Crippen LogP contribution in [0.25, 0.3) is 62.0 Å². The maximum atomic E-state index is 9.95. The molecule has 36 heteroatoms. The molecule has 12 N–H and O–H groups in total. The number of hydrogen-bond donors (Lipinski definition) is 10. The third-order valence-corrected chi connectivity index (χ3v) is 17.0. The second kappa shape index (κ2) is 24.4. The van der Waals surface area contributed by atoms with Crippen molar-refractivity contribution in [1.82, 2.24) is 91.3 Å². The first-order valence-corrected chi connectivity index (χ1v) is 30.2. The fourth-order valence-corrected chi connectivity index (χ4v) is 12.4. The summed E-state index contributed by atoms with van der Waals surface area (Å²) in [6.07, 6.45) is 17.5. The van der Waals surface area contributed by atoms with Gasteiger partial charge in [-0.3, -0.25) is 31.5 Å². The van der Waals surface area contributed by atoms with Gasteiger partial charge in [0.05, 0.1) is 76.2 Å². The van der Waals surface area contributed by atoms with Gasteiger partial charge in [0, 0.05) is 62.9 Å². The van der Waals surface area contributed by atoms with Crippen molar-refractivity contribution in [2.75, 3.05) is 56.7 Å². The predicted octanol–water partition coefficient (Wildman–Crippen LogP) is -0.0438. The van der Waals surface area contributed by atoms with Crippen LogP contribution in [0, 0.1) is 0 Å². The molecule has 4 aliphatic rings. The van der Waals surface area contributed by atoms with Gasteiger partial charge in [-0.15, -0.1) is 35.3 Å². The van der Waals surface area contributed by atoms with Crippen molar-refractivity contribution >= 4 is 109 Å². The summed E-state index contributed by atoms with van der Waals surface area (Å²) in [5.74, 6) is 2.27. The molecule has 4 fully saturated rings. The van der Waals surface area contributed by atoms with E-state index in [1.807, 2.05) is 44.5 Å². The van der Waals surface area contributed by atoms with E-state index in [2.05, 4.69) is 59.8 Å². The largest absolute Gasteiger partial charge is 0.394 e. The Bertz CT molecular complexity index is 4150. The Hall–Kier alpha value is -7.01. The summed E-state index contributed by atoms with van der Waals surface area (Å²) >= 11 is 4.52. The average Bonchev–Trinajstić information content (AvgIpc) is 3.21. The van der Waals surface area contributed by atoms with E-state index in [0.717, 1.165) is 26.7 Å². The molecular weight excluding hydrogens is 1170 g/mol. The van der Waals surface area contributed by atoms with Crippen molar-refractivity contribution in [2.24, 2.45) is 0 Å². The summed E-state index contributed by atoms with van der Waals surface area (Å²) < 4.78 is 35.1. The van der Waals surface area contributed by atoms with Crippen molar-refractivity contribution in [2.45, 2.75) is 115 Å². The van der Waals surface area contributed by atoms with Crippen LogP contribution < -0.4 is 11.5 Å². The van der Waals surface area contributed by atoms with Crippen LogP contribution in [0.2, 0.25) is 0 Å². The minimum absolute atomic E-state index is 0.167. The highest BCUT2D eigenvalue weighted by molar-refractivity contribution is 7.99. The Kier molecular flexibility index (Phi) is 16.8. The van der Waals surface area contributed by atoms with E-state index in [-0.39, 0.29) is 38.6 Å². The van der Waals surface area contributed by atoms with Crippen LogP contribution in [0.5, 0.6) is 0 Å². The van der Waals surface area contributed by atoms with Gasteiger partial charge in [0.2, 0.25) is 23.3 Å². The van der Waals surface area contributed by atoms with Gasteiger partial charge in [-0.1, -0.05) is 0 Å². The topological polar surface area (TPSA) is 438 Å². The smallest absolute Gasteiger partial charge is 0.237 e. The fraction of sp³-hybridized carbons (Fsp3) is 0.469. The lowest BCUT2D eigenvalue weighted by Crippen LogP contribution is -2.24. The van der Waals surface area contributed by atoms with Crippen molar-refractivity contribution in [1.29, 1.82) is 0 Å². The van der Waals surface area contributed by atoms with Gasteiger partial charge in [-0.2, -0.15) is 15.0 Å². The molecule has 0 radical (unpaired) electrons. The molecule has 0 saturated carbocycles. The van der Waals surface area contributed by atoms with Crippen molar-refractivity contribution < 1.29 is 59.8 Å².